The largest absolute Gasteiger partial charge is 0.303 e. The van der Waals surface area contributed by atoms with E-state index in [0.29, 0.717) is 18.5 Å². The summed E-state index contributed by atoms with van der Waals surface area (Å²) in [6.07, 6.45) is 6.03. The van der Waals surface area contributed by atoms with Gasteiger partial charge in [0.2, 0.25) is 0 Å². The minimum absolute atomic E-state index is 0.385. The van der Waals surface area contributed by atoms with Crippen molar-refractivity contribution in [2.45, 2.75) is 51.1 Å². The van der Waals surface area contributed by atoms with Gasteiger partial charge in [-0.15, -0.1) is 0 Å². The number of nitrogens with zero attached hydrogens (tertiary/aromatic N) is 2. The number of carbonyl (C=O) groups excluding carboxylic acids is 1. The Balaban J connectivity index is 1.98. The lowest BCUT2D eigenvalue weighted by Crippen LogP contribution is -2.03. The van der Waals surface area contributed by atoms with Crippen LogP contribution in [0, 0.1) is 0 Å². The summed E-state index contributed by atoms with van der Waals surface area (Å²) in [5, 5.41) is 8.46. The van der Waals surface area contributed by atoms with Gasteiger partial charge < -0.3 is 4.79 Å². The average molecular weight is 192 g/mol. The first-order valence-corrected chi connectivity index (χ1v) is 5.36. The molecule has 0 saturated heterocycles. The summed E-state index contributed by atoms with van der Waals surface area (Å²) < 4.78 is 0. The monoisotopic (exact) mass is 192 g/mol. The molecular weight excluding hydrogens is 176 g/mol. The Morgan fingerprint density at radius 3 is 2.57 bits per heavy atom. The van der Waals surface area contributed by atoms with Crippen LogP contribution in [0.2, 0.25) is 0 Å². The molecule has 2 aliphatic rings. The Morgan fingerprint density at radius 1 is 1.43 bits per heavy atom. The summed E-state index contributed by atoms with van der Waals surface area (Å²) in [6, 6.07) is 0.771. The van der Waals surface area contributed by atoms with Gasteiger partial charge in [-0.3, -0.25) is 0 Å². The van der Waals surface area contributed by atoms with Crippen LogP contribution >= 0.6 is 0 Å². The van der Waals surface area contributed by atoms with Gasteiger partial charge in [0.25, 0.3) is 0 Å². The molecular formula is C11H16N2O. The number of unbranched alkanes of at least 4 members (excludes halogenated alkanes) is 1. The van der Waals surface area contributed by atoms with Crippen molar-refractivity contribution in [3.63, 3.8) is 0 Å². The molecule has 2 bridgehead atoms. The van der Waals surface area contributed by atoms with E-state index in [9.17, 15) is 4.79 Å². The first-order chi connectivity index (χ1) is 6.83. The molecule has 1 fully saturated rings. The van der Waals surface area contributed by atoms with Crippen LogP contribution in [0.1, 0.15) is 39.0 Å². The molecule has 14 heavy (non-hydrogen) atoms. The average Bonchev–Trinajstić information content (AvgIpc) is 2.77. The second-order valence-corrected chi connectivity index (χ2v) is 4.13. The number of fused-ring (bicyclic) bond motifs is 2. The lowest BCUT2D eigenvalue weighted by molar-refractivity contribution is -0.107. The van der Waals surface area contributed by atoms with Gasteiger partial charge in [0.15, 0.2) is 0 Å². The maximum atomic E-state index is 10.2. The van der Waals surface area contributed by atoms with Gasteiger partial charge in [0.1, 0.15) is 6.29 Å². The van der Waals surface area contributed by atoms with E-state index < -0.39 is 0 Å². The SMILES string of the molecule is CC(CCCC=O)=C1C2CCC1N=N2. The smallest absolute Gasteiger partial charge is 0.120 e. The quantitative estimate of drug-likeness (QED) is 0.383. The zero-order chi connectivity index (χ0) is 9.97. The van der Waals surface area contributed by atoms with E-state index in [1.807, 2.05) is 0 Å². The van der Waals surface area contributed by atoms with Gasteiger partial charge in [-0.05, 0) is 38.2 Å². The molecule has 1 aliphatic carbocycles. The van der Waals surface area contributed by atoms with Crippen molar-refractivity contribution >= 4 is 6.29 Å². The van der Waals surface area contributed by atoms with Gasteiger partial charge >= 0.3 is 0 Å². The maximum absolute atomic E-state index is 10.2. The second-order valence-electron chi connectivity index (χ2n) is 4.13. The van der Waals surface area contributed by atoms with Gasteiger partial charge in [-0.25, -0.2) is 0 Å². The third-order valence-electron chi connectivity index (χ3n) is 3.14. The standard InChI is InChI=1S/C11H16N2O/c1-8(4-2-3-7-14)11-9-5-6-10(11)13-12-9/h7,9-10H,2-6H2,1H3. The molecule has 0 N–H and O–H groups in total. The Bertz CT molecular complexity index is 278. The van der Waals surface area contributed by atoms with Gasteiger partial charge in [-0.2, -0.15) is 10.2 Å². The number of carbonyl (C=O) groups is 1. The summed E-state index contributed by atoms with van der Waals surface area (Å²) in [4.78, 5) is 10.2. The van der Waals surface area contributed by atoms with Crippen LogP contribution in [0.3, 0.4) is 0 Å². The van der Waals surface area contributed by atoms with Crippen molar-refractivity contribution in [3.8, 4) is 0 Å². The van der Waals surface area contributed by atoms with Crippen molar-refractivity contribution in [1.82, 2.24) is 0 Å². The van der Waals surface area contributed by atoms with E-state index in [4.69, 9.17) is 0 Å². The van der Waals surface area contributed by atoms with Crippen LogP contribution in [0.4, 0.5) is 0 Å². The van der Waals surface area contributed by atoms with Crippen molar-refractivity contribution < 1.29 is 4.79 Å². The van der Waals surface area contributed by atoms with Crippen molar-refractivity contribution in [2.24, 2.45) is 10.2 Å². The van der Waals surface area contributed by atoms with Crippen molar-refractivity contribution in [1.29, 1.82) is 0 Å². The first kappa shape index (κ1) is 9.56. The lowest BCUT2D eigenvalue weighted by Gasteiger charge is -2.07. The molecule has 2 unspecified atom stereocenters. The third-order valence-corrected chi connectivity index (χ3v) is 3.14. The van der Waals surface area contributed by atoms with Gasteiger partial charge in [0, 0.05) is 6.42 Å². The highest BCUT2D eigenvalue weighted by Gasteiger charge is 2.36. The number of allylic oxidation sites excluding steroid dienone is 1. The molecule has 1 heterocycles. The van der Waals surface area contributed by atoms with Crippen LogP contribution in [0.15, 0.2) is 21.4 Å². The molecule has 1 aliphatic heterocycles. The van der Waals surface area contributed by atoms with Gasteiger partial charge in [0.05, 0.1) is 12.1 Å². The van der Waals surface area contributed by atoms with E-state index >= 15 is 0 Å². The Morgan fingerprint density at radius 2 is 2.07 bits per heavy atom. The Kier molecular flexibility index (Phi) is 2.75. The first-order valence-electron chi connectivity index (χ1n) is 5.36. The Labute approximate surface area is 84.3 Å². The highest BCUT2D eigenvalue weighted by molar-refractivity contribution is 5.49. The topological polar surface area (TPSA) is 41.8 Å². The zero-order valence-corrected chi connectivity index (χ0v) is 8.57. The van der Waals surface area contributed by atoms with E-state index in [1.165, 1.54) is 24.0 Å². The number of hydrogen-bond donors (Lipinski definition) is 0. The highest BCUT2D eigenvalue weighted by atomic mass is 16.1. The van der Waals surface area contributed by atoms with Gasteiger partial charge in [-0.1, -0.05) is 5.57 Å². The minimum atomic E-state index is 0.385. The summed E-state index contributed by atoms with van der Waals surface area (Å²) in [7, 11) is 0. The fraction of sp³-hybridized carbons (Fsp3) is 0.727. The van der Waals surface area contributed by atoms with Crippen LogP contribution in [-0.2, 0) is 4.79 Å². The fourth-order valence-electron chi connectivity index (χ4n) is 2.41. The van der Waals surface area contributed by atoms with Crippen LogP contribution in [0.5, 0.6) is 0 Å². The fourth-order valence-corrected chi connectivity index (χ4v) is 2.41. The molecule has 0 aromatic carbocycles. The predicted octanol–water partition coefficient (Wildman–Crippen LogP) is 2.67. The molecule has 1 saturated carbocycles. The third kappa shape index (κ3) is 1.63. The Hall–Kier alpha value is -0.990. The molecule has 0 aromatic rings. The molecule has 0 amide bonds. The van der Waals surface area contributed by atoms with Crippen molar-refractivity contribution in [3.05, 3.63) is 11.1 Å². The number of hydrogen-bond acceptors (Lipinski definition) is 3. The summed E-state index contributed by atoms with van der Waals surface area (Å²) >= 11 is 0. The lowest BCUT2D eigenvalue weighted by atomic mass is 9.99. The summed E-state index contributed by atoms with van der Waals surface area (Å²) in [5.41, 5.74) is 2.88. The molecule has 0 aromatic heterocycles. The second kappa shape index (κ2) is 4.03. The predicted molar refractivity (Wildman–Crippen MR) is 54.3 cm³/mol. The van der Waals surface area contributed by atoms with Crippen LogP contribution < -0.4 is 0 Å². The van der Waals surface area contributed by atoms with E-state index in [-0.39, 0.29) is 0 Å². The number of rotatable bonds is 4. The highest BCUT2D eigenvalue weighted by Crippen LogP contribution is 2.39. The number of azo groups is 1. The molecule has 0 radical (unpaired) electrons. The maximum Gasteiger partial charge on any atom is 0.120 e. The van der Waals surface area contributed by atoms with E-state index in [1.54, 1.807) is 0 Å². The van der Waals surface area contributed by atoms with Crippen LogP contribution in [0.25, 0.3) is 0 Å². The van der Waals surface area contributed by atoms with Crippen molar-refractivity contribution in [2.75, 3.05) is 0 Å². The van der Waals surface area contributed by atoms with Crippen LogP contribution in [-0.4, -0.2) is 18.4 Å². The molecule has 0 spiro atoms. The molecule has 76 valence electrons. The minimum Gasteiger partial charge on any atom is -0.303 e. The van der Waals surface area contributed by atoms with E-state index in [2.05, 4.69) is 17.2 Å². The number of aldehydes is 1. The molecule has 3 heteroatoms. The zero-order valence-electron chi connectivity index (χ0n) is 8.57. The van der Waals surface area contributed by atoms with E-state index in [0.717, 1.165) is 19.1 Å². The molecule has 3 nitrogen and oxygen atoms in total. The molecule has 2 atom stereocenters. The summed E-state index contributed by atoms with van der Waals surface area (Å²) in [6.45, 7) is 2.17. The summed E-state index contributed by atoms with van der Waals surface area (Å²) in [5.74, 6) is 0. The molecule has 2 rings (SSSR count). The normalized spacial score (nSPS) is 28.5.